The van der Waals surface area contributed by atoms with E-state index in [-0.39, 0.29) is 17.2 Å². The second-order valence-corrected chi connectivity index (χ2v) is 8.19. The molecule has 1 atom stereocenters. The van der Waals surface area contributed by atoms with Gasteiger partial charge >= 0.3 is 0 Å². The van der Waals surface area contributed by atoms with Crippen molar-refractivity contribution in [2.45, 2.75) is 95.6 Å². The van der Waals surface area contributed by atoms with E-state index in [1.54, 1.807) is 0 Å². The highest BCUT2D eigenvalue weighted by Crippen LogP contribution is 2.38. The summed E-state index contributed by atoms with van der Waals surface area (Å²) in [5.41, 5.74) is -0.203. The van der Waals surface area contributed by atoms with Crippen LogP contribution in [0.5, 0.6) is 0 Å². The molecule has 1 aliphatic carbocycles. The third kappa shape index (κ3) is 4.41. The molecule has 0 aromatic rings. The zero-order valence-corrected chi connectivity index (χ0v) is 14.1. The Morgan fingerprint density at radius 3 is 2.14 bits per heavy atom. The molecule has 1 saturated carbocycles. The van der Waals surface area contributed by atoms with Gasteiger partial charge < -0.3 is 14.9 Å². The quantitative estimate of drug-likeness (QED) is 0.818. The van der Waals surface area contributed by atoms with Crippen LogP contribution in [0, 0.1) is 0 Å². The summed E-state index contributed by atoms with van der Waals surface area (Å²) in [4.78, 5) is 2.34. The van der Waals surface area contributed by atoms with Crippen LogP contribution in [-0.4, -0.2) is 57.7 Å². The Bertz CT molecular complexity index is 319. The summed E-state index contributed by atoms with van der Waals surface area (Å²) < 4.78 is 5.84. The van der Waals surface area contributed by atoms with Crippen LogP contribution >= 0.6 is 0 Å². The molecule has 0 spiro atoms. The van der Waals surface area contributed by atoms with Crippen LogP contribution < -0.4 is 0 Å². The SMILES string of the molecule is CC1(C)CC(O)CC(C)(C)N1CC(O)COC1CCCC1. The van der Waals surface area contributed by atoms with Crippen LogP contribution in [-0.2, 0) is 4.74 Å². The lowest BCUT2D eigenvalue weighted by molar-refractivity contribution is -0.108. The summed E-state index contributed by atoms with van der Waals surface area (Å²) in [5, 5.41) is 20.4. The summed E-state index contributed by atoms with van der Waals surface area (Å²) >= 11 is 0. The lowest BCUT2D eigenvalue weighted by atomic mass is 9.78. The first-order valence-corrected chi connectivity index (χ1v) is 8.46. The highest BCUT2D eigenvalue weighted by Gasteiger charge is 2.45. The van der Waals surface area contributed by atoms with Crippen molar-refractivity contribution in [1.82, 2.24) is 4.90 Å². The van der Waals surface area contributed by atoms with Crippen molar-refractivity contribution in [3.8, 4) is 0 Å². The summed E-state index contributed by atoms with van der Waals surface area (Å²) in [5.74, 6) is 0. The summed E-state index contributed by atoms with van der Waals surface area (Å²) in [7, 11) is 0. The number of rotatable bonds is 5. The first-order valence-electron chi connectivity index (χ1n) is 8.46. The normalized spacial score (nSPS) is 28.9. The van der Waals surface area contributed by atoms with E-state index in [0.717, 1.165) is 25.7 Å². The predicted octanol–water partition coefficient (Wildman–Crippen LogP) is 2.32. The number of nitrogens with zero attached hydrogens (tertiary/aromatic N) is 1. The van der Waals surface area contributed by atoms with Gasteiger partial charge in [0.25, 0.3) is 0 Å². The Balaban J connectivity index is 1.89. The molecule has 1 saturated heterocycles. The van der Waals surface area contributed by atoms with Gasteiger partial charge in [0.05, 0.1) is 24.9 Å². The Morgan fingerprint density at radius 1 is 1.10 bits per heavy atom. The van der Waals surface area contributed by atoms with Gasteiger partial charge in [-0.3, -0.25) is 4.90 Å². The van der Waals surface area contributed by atoms with Crippen LogP contribution in [0.4, 0.5) is 0 Å². The summed E-state index contributed by atoms with van der Waals surface area (Å²) in [6, 6.07) is 0. The molecule has 0 aromatic carbocycles. The molecular formula is C17H33NO3. The van der Waals surface area contributed by atoms with Gasteiger partial charge in [-0.25, -0.2) is 0 Å². The first kappa shape index (κ1) is 17.2. The minimum atomic E-state index is -0.459. The topological polar surface area (TPSA) is 52.9 Å². The number of likely N-dealkylation sites (tertiary alicyclic amines) is 1. The molecule has 2 rings (SSSR count). The largest absolute Gasteiger partial charge is 0.393 e. The highest BCUT2D eigenvalue weighted by atomic mass is 16.5. The van der Waals surface area contributed by atoms with Crippen LogP contribution in [0.2, 0.25) is 0 Å². The van der Waals surface area contributed by atoms with Crippen LogP contribution in [0.3, 0.4) is 0 Å². The molecule has 0 amide bonds. The van der Waals surface area contributed by atoms with E-state index in [0.29, 0.717) is 19.3 Å². The number of β-amino-alcohol motifs (C(OH)–C–C–N with tert-alkyl or cyclic N) is 1. The summed E-state index contributed by atoms with van der Waals surface area (Å²) in [6.45, 7) is 9.65. The van der Waals surface area contributed by atoms with Crippen molar-refractivity contribution in [3.63, 3.8) is 0 Å². The molecular weight excluding hydrogens is 266 g/mol. The smallest absolute Gasteiger partial charge is 0.0900 e. The van der Waals surface area contributed by atoms with E-state index in [2.05, 4.69) is 32.6 Å². The van der Waals surface area contributed by atoms with E-state index in [9.17, 15) is 10.2 Å². The molecule has 2 N–H and O–H groups in total. The second-order valence-electron chi connectivity index (χ2n) is 8.19. The number of aliphatic hydroxyl groups is 2. The van der Waals surface area contributed by atoms with Crippen molar-refractivity contribution in [2.75, 3.05) is 13.2 Å². The molecule has 0 aromatic heterocycles. The van der Waals surface area contributed by atoms with Gasteiger partial charge in [0.2, 0.25) is 0 Å². The van der Waals surface area contributed by atoms with E-state index in [4.69, 9.17) is 4.74 Å². The maximum Gasteiger partial charge on any atom is 0.0900 e. The Kier molecular flexibility index (Phi) is 5.35. The average molecular weight is 299 g/mol. The standard InChI is InChI=1S/C17H33NO3/c1-16(2)9-13(19)10-17(3,4)18(16)11-14(20)12-21-15-7-5-6-8-15/h13-15,19-20H,5-12H2,1-4H3. The van der Waals surface area contributed by atoms with Gasteiger partial charge in [-0.1, -0.05) is 12.8 Å². The molecule has 4 heteroatoms. The van der Waals surface area contributed by atoms with Gasteiger partial charge in [0.15, 0.2) is 0 Å². The van der Waals surface area contributed by atoms with Crippen LogP contribution in [0.15, 0.2) is 0 Å². The lowest BCUT2D eigenvalue weighted by Gasteiger charge is -2.55. The van der Waals surface area contributed by atoms with Crippen molar-refractivity contribution >= 4 is 0 Å². The van der Waals surface area contributed by atoms with E-state index in [1.165, 1.54) is 12.8 Å². The third-order valence-electron chi connectivity index (χ3n) is 5.15. The van der Waals surface area contributed by atoms with Crippen molar-refractivity contribution in [1.29, 1.82) is 0 Å². The Hall–Kier alpha value is -0.160. The minimum Gasteiger partial charge on any atom is -0.393 e. The number of aliphatic hydroxyl groups excluding tert-OH is 2. The molecule has 2 fully saturated rings. The fraction of sp³-hybridized carbons (Fsp3) is 1.00. The van der Waals surface area contributed by atoms with Crippen molar-refractivity contribution < 1.29 is 14.9 Å². The maximum absolute atomic E-state index is 10.4. The van der Waals surface area contributed by atoms with Crippen LogP contribution in [0.25, 0.3) is 0 Å². The van der Waals surface area contributed by atoms with Gasteiger partial charge in [-0.05, 0) is 53.4 Å². The molecule has 1 aliphatic heterocycles. The number of hydrogen-bond acceptors (Lipinski definition) is 4. The fourth-order valence-electron chi connectivity index (χ4n) is 4.33. The van der Waals surface area contributed by atoms with Crippen molar-refractivity contribution in [3.05, 3.63) is 0 Å². The molecule has 2 aliphatic rings. The highest BCUT2D eigenvalue weighted by molar-refractivity contribution is 5.00. The molecule has 21 heavy (non-hydrogen) atoms. The van der Waals surface area contributed by atoms with Crippen molar-refractivity contribution in [2.24, 2.45) is 0 Å². The zero-order valence-electron chi connectivity index (χ0n) is 14.1. The van der Waals surface area contributed by atoms with E-state index >= 15 is 0 Å². The van der Waals surface area contributed by atoms with E-state index in [1.807, 2.05) is 0 Å². The minimum absolute atomic E-state index is 0.102. The molecule has 0 bridgehead atoms. The second kappa shape index (κ2) is 6.53. The molecule has 124 valence electrons. The zero-order chi connectivity index (χ0) is 15.7. The maximum atomic E-state index is 10.4. The Morgan fingerprint density at radius 2 is 1.62 bits per heavy atom. The van der Waals surface area contributed by atoms with E-state index < -0.39 is 6.10 Å². The van der Waals surface area contributed by atoms with Gasteiger partial charge in [-0.15, -0.1) is 0 Å². The lowest BCUT2D eigenvalue weighted by Crippen LogP contribution is -2.63. The average Bonchev–Trinajstić information content (AvgIpc) is 2.83. The Labute approximate surface area is 129 Å². The molecule has 1 heterocycles. The van der Waals surface area contributed by atoms with Gasteiger partial charge in [-0.2, -0.15) is 0 Å². The van der Waals surface area contributed by atoms with Gasteiger partial charge in [0.1, 0.15) is 0 Å². The molecule has 0 radical (unpaired) electrons. The third-order valence-corrected chi connectivity index (χ3v) is 5.15. The summed E-state index contributed by atoms with van der Waals surface area (Å²) in [6.07, 6.45) is 5.94. The molecule has 1 unspecified atom stereocenters. The van der Waals surface area contributed by atoms with Gasteiger partial charge in [0, 0.05) is 17.6 Å². The monoisotopic (exact) mass is 299 g/mol. The first-order chi connectivity index (χ1) is 9.71. The molecule has 4 nitrogen and oxygen atoms in total. The number of hydrogen-bond donors (Lipinski definition) is 2. The fourth-order valence-corrected chi connectivity index (χ4v) is 4.33. The number of ether oxygens (including phenoxy) is 1. The number of piperidine rings is 1. The van der Waals surface area contributed by atoms with Crippen LogP contribution in [0.1, 0.15) is 66.2 Å². The predicted molar refractivity (Wildman–Crippen MR) is 84.3 cm³/mol.